The third-order valence-electron chi connectivity index (χ3n) is 6.50. The van der Waals surface area contributed by atoms with Crippen molar-refractivity contribution in [2.75, 3.05) is 0 Å². The molecule has 0 radical (unpaired) electrons. The smallest absolute Gasteiger partial charge is 0.279 e. The number of hydrogen-bond acceptors (Lipinski definition) is 4. The van der Waals surface area contributed by atoms with Crippen molar-refractivity contribution in [3.63, 3.8) is 0 Å². The Kier molecular flexibility index (Phi) is 6.13. The highest BCUT2D eigenvalue weighted by molar-refractivity contribution is 8.12. The van der Waals surface area contributed by atoms with Gasteiger partial charge in [-0.05, 0) is 55.7 Å². The fourth-order valence-corrected chi connectivity index (χ4v) is 5.51. The standard InChI is InChI=1S/C23H29NO3S/c1-14(2)17-10-11-18(23(4)19(25)12-15(3)21(26)20(17)23)24-22(27)28-13-16-8-6-5-7-9-16/h5-9,12,14,17-18,20H,10-11,13H2,1-4H3,(H,24,27)/t17-,18-,20-,23+/m0/s1. The molecule has 1 amide bonds. The number of fused-ring (bicyclic) bond motifs is 1. The molecule has 1 N–H and O–H groups in total. The minimum Gasteiger partial charge on any atom is -0.343 e. The van der Waals surface area contributed by atoms with Crippen molar-refractivity contribution in [2.45, 2.75) is 52.3 Å². The molecule has 0 bridgehead atoms. The van der Waals surface area contributed by atoms with Crippen LogP contribution in [0.4, 0.5) is 4.79 Å². The van der Waals surface area contributed by atoms with Crippen LogP contribution < -0.4 is 5.32 Å². The Labute approximate surface area is 171 Å². The lowest BCUT2D eigenvalue weighted by Crippen LogP contribution is -2.61. The number of ketones is 2. The number of carbonyl (C=O) groups excluding carboxylic acids is 3. The SMILES string of the molecule is CC1=CC(=O)[C@@]2(C)[C@@H](NC(=O)SCc3ccccc3)CC[C@@H](C(C)C)[C@H]2C1=O. The summed E-state index contributed by atoms with van der Waals surface area (Å²) in [5.41, 5.74) is 0.758. The van der Waals surface area contributed by atoms with Crippen LogP contribution in [0.1, 0.15) is 46.1 Å². The van der Waals surface area contributed by atoms with Gasteiger partial charge in [-0.2, -0.15) is 0 Å². The maximum Gasteiger partial charge on any atom is 0.279 e. The van der Waals surface area contributed by atoms with Crippen molar-refractivity contribution in [2.24, 2.45) is 23.2 Å². The number of thioether (sulfide) groups is 1. The summed E-state index contributed by atoms with van der Waals surface area (Å²) in [6, 6.07) is 9.51. The zero-order valence-electron chi connectivity index (χ0n) is 17.0. The van der Waals surface area contributed by atoms with Gasteiger partial charge in [0, 0.05) is 17.7 Å². The topological polar surface area (TPSA) is 63.2 Å². The summed E-state index contributed by atoms with van der Waals surface area (Å²) in [6.07, 6.45) is 3.05. The van der Waals surface area contributed by atoms with Crippen molar-refractivity contribution in [1.82, 2.24) is 5.32 Å². The summed E-state index contributed by atoms with van der Waals surface area (Å²) in [7, 11) is 0. The van der Waals surface area contributed by atoms with Crippen molar-refractivity contribution >= 4 is 28.6 Å². The van der Waals surface area contributed by atoms with Gasteiger partial charge in [0.25, 0.3) is 5.24 Å². The van der Waals surface area contributed by atoms with Gasteiger partial charge in [-0.15, -0.1) is 0 Å². The number of nitrogens with one attached hydrogen (secondary N) is 1. The molecule has 4 atom stereocenters. The van der Waals surface area contributed by atoms with Gasteiger partial charge >= 0.3 is 0 Å². The second kappa shape index (κ2) is 8.24. The first-order valence-electron chi connectivity index (χ1n) is 9.99. The highest BCUT2D eigenvalue weighted by Crippen LogP contribution is 2.51. The number of rotatable bonds is 4. The Hall–Kier alpha value is -1.88. The second-order valence-corrected chi connectivity index (χ2v) is 9.51. The summed E-state index contributed by atoms with van der Waals surface area (Å²) in [5.74, 6) is 0.740. The molecule has 4 nitrogen and oxygen atoms in total. The zero-order valence-corrected chi connectivity index (χ0v) is 17.8. The van der Waals surface area contributed by atoms with Crippen LogP contribution >= 0.6 is 11.8 Å². The quantitative estimate of drug-likeness (QED) is 0.791. The van der Waals surface area contributed by atoms with Gasteiger partial charge in [0.2, 0.25) is 0 Å². The van der Waals surface area contributed by atoms with E-state index in [0.29, 0.717) is 17.2 Å². The van der Waals surface area contributed by atoms with Crippen LogP contribution in [0.3, 0.4) is 0 Å². The summed E-state index contributed by atoms with van der Waals surface area (Å²) in [6.45, 7) is 7.84. The van der Waals surface area contributed by atoms with Crippen molar-refractivity contribution < 1.29 is 14.4 Å². The lowest BCUT2D eigenvalue weighted by atomic mass is 9.52. The molecule has 1 fully saturated rings. The molecule has 1 aromatic rings. The molecule has 0 heterocycles. The molecule has 0 spiro atoms. The fourth-order valence-electron chi connectivity index (χ4n) is 4.79. The van der Waals surface area contributed by atoms with E-state index >= 15 is 0 Å². The highest BCUT2D eigenvalue weighted by atomic mass is 32.2. The van der Waals surface area contributed by atoms with E-state index in [4.69, 9.17) is 0 Å². The lowest BCUT2D eigenvalue weighted by molar-refractivity contribution is -0.145. The molecule has 1 aromatic carbocycles. The normalized spacial score (nSPS) is 30.0. The molecule has 5 heteroatoms. The van der Waals surface area contributed by atoms with Crippen LogP contribution in [0.15, 0.2) is 42.0 Å². The Morgan fingerprint density at radius 1 is 1.21 bits per heavy atom. The Balaban J connectivity index is 1.79. The van der Waals surface area contributed by atoms with Crippen LogP contribution in [-0.4, -0.2) is 22.8 Å². The first-order valence-corrected chi connectivity index (χ1v) is 11.0. The van der Waals surface area contributed by atoms with Gasteiger partial charge in [-0.25, -0.2) is 0 Å². The molecule has 0 unspecified atom stereocenters. The second-order valence-electron chi connectivity index (χ2n) is 8.56. The lowest BCUT2D eigenvalue weighted by Gasteiger charge is -2.51. The summed E-state index contributed by atoms with van der Waals surface area (Å²) in [5, 5.41) is 2.94. The third kappa shape index (κ3) is 3.82. The summed E-state index contributed by atoms with van der Waals surface area (Å²) in [4.78, 5) is 38.7. The van der Waals surface area contributed by atoms with Crippen LogP contribution in [0, 0.1) is 23.2 Å². The van der Waals surface area contributed by atoms with E-state index in [-0.39, 0.29) is 34.7 Å². The molecule has 1 saturated carbocycles. The molecule has 0 saturated heterocycles. The number of amides is 1. The van der Waals surface area contributed by atoms with Gasteiger partial charge < -0.3 is 5.32 Å². The van der Waals surface area contributed by atoms with Gasteiger partial charge in [-0.3, -0.25) is 14.4 Å². The summed E-state index contributed by atoms with van der Waals surface area (Å²) < 4.78 is 0. The Bertz CT molecular complexity index is 801. The average molecular weight is 400 g/mol. The number of carbonyl (C=O) groups is 3. The van der Waals surface area contributed by atoms with E-state index in [9.17, 15) is 14.4 Å². The highest BCUT2D eigenvalue weighted by Gasteiger charge is 2.58. The van der Waals surface area contributed by atoms with E-state index in [0.717, 1.165) is 18.4 Å². The van der Waals surface area contributed by atoms with Crippen LogP contribution in [0.2, 0.25) is 0 Å². The monoisotopic (exact) mass is 399 g/mol. The van der Waals surface area contributed by atoms with Crippen molar-refractivity contribution in [3.05, 3.63) is 47.5 Å². The molecule has 2 aliphatic rings. The van der Waals surface area contributed by atoms with Gasteiger partial charge in [0.05, 0.1) is 5.41 Å². The molecular weight excluding hydrogens is 370 g/mol. The molecule has 28 heavy (non-hydrogen) atoms. The number of benzene rings is 1. The van der Waals surface area contributed by atoms with Crippen LogP contribution in [0.25, 0.3) is 0 Å². The van der Waals surface area contributed by atoms with E-state index in [2.05, 4.69) is 19.2 Å². The Morgan fingerprint density at radius 3 is 2.54 bits per heavy atom. The van der Waals surface area contributed by atoms with Crippen molar-refractivity contribution in [1.29, 1.82) is 0 Å². The predicted octanol–water partition coefficient (Wildman–Crippen LogP) is 4.78. The van der Waals surface area contributed by atoms with Crippen molar-refractivity contribution in [3.8, 4) is 0 Å². The minimum atomic E-state index is -0.868. The first kappa shape index (κ1) is 20.8. The number of allylic oxidation sites excluding steroid dienone is 2. The fraction of sp³-hybridized carbons (Fsp3) is 0.522. The first-order chi connectivity index (χ1) is 13.2. The van der Waals surface area contributed by atoms with Gasteiger partial charge in [-0.1, -0.05) is 55.9 Å². The van der Waals surface area contributed by atoms with Gasteiger partial charge in [0.15, 0.2) is 11.6 Å². The average Bonchev–Trinajstić information content (AvgIpc) is 2.66. The van der Waals surface area contributed by atoms with Crippen LogP contribution in [-0.2, 0) is 15.3 Å². The van der Waals surface area contributed by atoms with E-state index in [1.807, 2.05) is 37.3 Å². The summed E-state index contributed by atoms with van der Waals surface area (Å²) >= 11 is 1.21. The van der Waals surface area contributed by atoms with E-state index in [1.54, 1.807) is 6.92 Å². The molecule has 0 aromatic heterocycles. The molecular formula is C23H29NO3S. The molecule has 0 aliphatic heterocycles. The number of Topliss-reactive ketones (excluding diaryl/α,β-unsaturated/α-hetero) is 1. The number of hydrogen-bond donors (Lipinski definition) is 1. The zero-order chi connectivity index (χ0) is 20.5. The largest absolute Gasteiger partial charge is 0.343 e. The van der Waals surface area contributed by atoms with Crippen LogP contribution in [0.5, 0.6) is 0 Å². The predicted molar refractivity (Wildman–Crippen MR) is 113 cm³/mol. The van der Waals surface area contributed by atoms with Gasteiger partial charge in [0.1, 0.15) is 0 Å². The maximum absolute atomic E-state index is 13.1. The molecule has 150 valence electrons. The Morgan fingerprint density at radius 2 is 1.89 bits per heavy atom. The molecule has 2 aliphatic carbocycles. The van der Waals surface area contributed by atoms with E-state index < -0.39 is 5.41 Å². The molecule has 3 rings (SSSR count). The third-order valence-corrected chi connectivity index (χ3v) is 7.36. The van der Waals surface area contributed by atoms with E-state index in [1.165, 1.54) is 17.8 Å². The maximum atomic E-state index is 13.1. The minimum absolute atomic E-state index is 0.0293.